The van der Waals surface area contributed by atoms with E-state index in [2.05, 4.69) is 4.72 Å². The molecule has 1 unspecified atom stereocenters. The van der Waals surface area contributed by atoms with Crippen LogP contribution >= 0.6 is 0 Å². The van der Waals surface area contributed by atoms with Crippen LogP contribution in [0.2, 0.25) is 0 Å². The molecule has 2 N–H and O–H groups in total. The van der Waals surface area contributed by atoms with E-state index in [9.17, 15) is 17.8 Å². The molecule has 9 heteroatoms. The Kier molecular flexibility index (Phi) is 5.65. The summed E-state index contributed by atoms with van der Waals surface area (Å²) in [6, 6.07) is 9.76. The molecule has 0 bridgehead atoms. The standard InChI is InChI=1S/C22H19F2N3O3S/c1-12-16-9-21(28)27(2)11-19(16)17-7-14(10-25-31(29)30)20(24)8-18(17)22(26-12)13-3-5-15(23)6-4-13/h3-9,11-12,25H,10H2,1-2H3,(H,29,30)/t12-/m0/s1. The summed E-state index contributed by atoms with van der Waals surface area (Å²) in [5.41, 5.74) is 3.56. The number of hydrogen-bond donors (Lipinski definition) is 2. The van der Waals surface area contributed by atoms with Crippen LogP contribution in [0.15, 0.2) is 58.4 Å². The van der Waals surface area contributed by atoms with Crippen molar-refractivity contribution in [3.8, 4) is 11.1 Å². The first-order valence-corrected chi connectivity index (χ1v) is 10.6. The SMILES string of the molecule is C[C@@H]1N=C(c2ccc(F)cc2)c2cc(F)c(CNS(=O)O)cc2-c2cn(C)c(=O)cc21. The van der Waals surface area contributed by atoms with Gasteiger partial charge in [-0.2, -0.15) is 0 Å². The summed E-state index contributed by atoms with van der Waals surface area (Å²) in [5.74, 6) is -0.977. The van der Waals surface area contributed by atoms with Crippen LogP contribution in [0.5, 0.6) is 0 Å². The highest BCUT2D eigenvalue weighted by Crippen LogP contribution is 2.38. The van der Waals surface area contributed by atoms with Crippen molar-refractivity contribution in [2.24, 2.45) is 12.0 Å². The van der Waals surface area contributed by atoms with Crippen LogP contribution < -0.4 is 10.3 Å². The Morgan fingerprint density at radius 2 is 1.84 bits per heavy atom. The topological polar surface area (TPSA) is 83.7 Å². The summed E-state index contributed by atoms with van der Waals surface area (Å²) >= 11 is -2.30. The highest BCUT2D eigenvalue weighted by Gasteiger charge is 2.25. The van der Waals surface area contributed by atoms with Gasteiger partial charge in [-0.05, 0) is 54.4 Å². The molecule has 4 rings (SSSR count). The Morgan fingerprint density at radius 3 is 2.52 bits per heavy atom. The number of aliphatic imine (C=N–C) groups is 1. The predicted molar refractivity (Wildman–Crippen MR) is 115 cm³/mol. The number of pyridine rings is 1. The van der Waals surface area contributed by atoms with Gasteiger partial charge >= 0.3 is 0 Å². The van der Waals surface area contributed by atoms with Crippen LogP contribution in [-0.4, -0.2) is 19.0 Å². The van der Waals surface area contributed by atoms with E-state index in [0.29, 0.717) is 33.5 Å². The molecule has 0 radical (unpaired) electrons. The number of aromatic nitrogens is 1. The number of hydrogen-bond acceptors (Lipinski definition) is 3. The molecule has 1 aromatic heterocycles. The second-order valence-corrected chi connectivity index (χ2v) is 8.10. The average molecular weight is 443 g/mol. The molecule has 31 heavy (non-hydrogen) atoms. The number of nitrogens with one attached hydrogen (secondary N) is 1. The van der Waals surface area contributed by atoms with Gasteiger partial charge in [0, 0.05) is 48.1 Å². The minimum Gasteiger partial charge on any atom is -0.318 e. The molecule has 1 aliphatic heterocycles. The fraction of sp³-hybridized carbons (Fsp3) is 0.182. The average Bonchev–Trinajstić information content (AvgIpc) is 2.83. The quantitative estimate of drug-likeness (QED) is 0.606. The highest BCUT2D eigenvalue weighted by atomic mass is 32.2. The Labute approximate surface area is 179 Å². The lowest BCUT2D eigenvalue weighted by atomic mass is 9.90. The minimum absolute atomic E-state index is 0.165. The zero-order chi connectivity index (χ0) is 22.3. The van der Waals surface area contributed by atoms with Gasteiger partial charge in [-0.25, -0.2) is 17.7 Å². The van der Waals surface area contributed by atoms with Gasteiger partial charge in [-0.3, -0.25) is 14.3 Å². The van der Waals surface area contributed by atoms with Crippen molar-refractivity contribution in [3.63, 3.8) is 0 Å². The third-order valence-corrected chi connectivity index (χ3v) is 5.66. The van der Waals surface area contributed by atoms with Gasteiger partial charge < -0.3 is 4.57 Å². The molecular weight excluding hydrogens is 424 g/mol. The largest absolute Gasteiger partial charge is 0.318 e. The van der Waals surface area contributed by atoms with Crippen molar-refractivity contribution in [1.29, 1.82) is 0 Å². The first-order chi connectivity index (χ1) is 14.7. The van der Waals surface area contributed by atoms with E-state index in [-0.39, 0.29) is 17.7 Å². The molecule has 0 fully saturated rings. The number of halogens is 2. The molecule has 1 aliphatic rings. The van der Waals surface area contributed by atoms with Crippen molar-refractivity contribution in [2.45, 2.75) is 19.5 Å². The fourth-order valence-corrected chi connectivity index (χ4v) is 3.98. The van der Waals surface area contributed by atoms with Gasteiger partial charge in [0.05, 0.1) is 11.8 Å². The highest BCUT2D eigenvalue weighted by molar-refractivity contribution is 7.77. The molecule has 3 aromatic rings. The number of rotatable bonds is 4. The van der Waals surface area contributed by atoms with E-state index >= 15 is 0 Å². The molecule has 0 spiro atoms. The lowest BCUT2D eigenvalue weighted by molar-refractivity contribution is 0.545. The van der Waals surface area contributed by atoms with Crippen LogP contribution in [0.4, 0.5) is 8.78 Å². The summed E-state index contributed by atoms with van der Waals surface area (Å²) in [5, 5.41) is 0. The van der Waals surface area contributed by atoms with E-state index in [4.69, 9.17) is 9.55 Å². The van der Waals surface area contributed by atoms with Gasteiger partial charge in [-0.1, -0.05) is 0 Å². The molecule has 2 aromatic carbocycles. The van der Waals surface area contributed by atoms with Crippen molar-refractivity contribution >= 4 is 17.0 Å². The molecule has 0 amide bonds. The van der Waals surface area contributed by atoms with Gasteiger partial charge in [0.25, 0.3) is 5.56 Å². The third kappa shape index (κ3) is 4.12. The summed E-state index contributed by atoms with van der Waals surface area (Å²) in [6.45, 7) is 1.67. The van der Waals surface area contributed by atoms with Crippen molar-refractivity contribution in [3.05, 3.63) is 92.9 Å². The second kappa shape index (κ2) is 8.26. The lowest BCUT2D eigenvalue weighted by Gasteiger charge is -2.15. The second-order valence-electron chi connectivity index (χ2n) is 7.31. The molecular formula is C22H19F2N3O3S. The molecule has 2 heterocycles. The van der Waals surface area contributed by atoms with E-state index in [1.54, 1.807) is 31.4 Å². The molecule has 160 valence electrons. The molecule has 2 atom stereocenters. The van der Waals surface area contributed by atoms with Crippen LogP contribution in [0.3, 0.4) is 0 Å². The Hall–Kier alpha value is -3.01. The normalized spacial score (nSPS) is 16.2. The molecule has 0 aliphatic carbocycles. The first-order valence-electron chi connectivity index (χ1n) is 9.46. The molecule has 0 saturated carbocycles. The van der Waals surface area contributed by atoms with E-state index in [0.717, 1.165) is 0 Å². The maximum Gasteiger partial charge on any atom is 0.250 e. The lowest BCUT2D eigenvalue weighted by Crippen LogP contribution is -2.18. The molecule has 6 nitrogen and oxygen atoms in total. The van der Waals surface area contributed by atoms with Crippen molar-refractivity contribution < 1.29 is 17.5 Å². The van der Waals surface area contributed by atoms with E-state index in [1.807, 2.05) is 6.92 Å². The number of fused-ring (bicyclic) bond motifs is 3. The van der Waals surface area contributed by atoms with Gasteiger partial charge in [0.15, 0.2) is 0 Å². The fourth-order valence-electron chi connectivity index (χ4n) is 3.70. The van der Waals surface area contributed by atoms with Gasteiger partial charge in [0.1, 0.15) is 11.6 Å². The Balaban J connectivity index is 2.01. The van der Waals surface area contributed by atoms with Crippen LogP contribution in [0, 0.1) is 11.6 Å². The smallest absolute Gasteiger partial charge is 0.250 e. The first kappa shape index (κ1) is 21.2. The van der Waals surface area contributed by atoms with Crippen LogP contribution in [-0.2, 0) is 24.9 Å². The van der Waals surface area contributed by atoms with E-state index < -0.39 is 28.9 Å². The van der Waals surface area contributed by atoms with E-state index in [1.165, 1.54) is 28.8 Å². The Morgan fingerprint density at radius 1 is 1.13 bits per heavy atom. The predicted octanol–water partition coefficient (Wildman–Crippen LogP) is 3.47. The maximum absolute atomic E-state index is 14.9. The van der Waals surface area contributed by atoms with Crippen LogP contribution in [0.1, 0.15) is 35.2 Å². The summed E-state index contributed by atoms with van der Waals surface area (Å²) in [4.78, 5) is 17.0. The summed E-state index contributed by atoms with van der Waals surface area (Å²) in [7, 11) is 1.63. The monoisotopic (exact) mass is 443 g/mol. The van der Waals surface area contributed by atoms with Gasteiger partial charge in [-0.15, -0.1) is 0 Å². The summed E-state index contributed by atoms with van der Waals surface area (Å²) < 4.78 is 52.2. The minimum atomic E-state index is -2.30. The van der Waals surface area contributed by atoms with Crippen LogP contribution in [0.25, 0.3) is 11.1 Å². The Bertz CT molecular complexity index is 1290. The zero-order valence-corrected chi connectivity index (χ0v) is 17.5. The zero-order valence-electron chi connectivity index (χ0n) is 16.7. The van der Waals surface area contributed by atoms with Crippen molar-refractivity contribution in [1.82, 2.24) is 9.29 Å². The summed E-state index contributed by atoms with van der Waals surface area (Å²) in [6.07, 6.45) is 1.68. The number of nitrogens with zero attached hydrogens (tertiary/aromatic N) is 2. The maximum atomic E-state index is 14.9. The van der Waals surface area contributed by atoms with Crippen molar-refractivity contribution in [2.75, 3.05) is 0 Å². The number of aryl methyl sites for hydroxylation is 1. The van der Waals surface area contributed by atoms with Gasteiger partial charge in [0.2, 0.25) is 11.3 Å². The molecule has 0 saturated heterocycles. The number of benzene rings is 2. The third-order valence-electron chi connectivity index (χ3n) is 5.27.